The second kappa shape index (κ2) is 3.84. The highest BCUT2D eigenvalue weighted by molar-refractivity contribution is 5.60. The van der Waals surface area contributed by atoms with Gasteiger partial charge in [0, 0.05) is 11.7 Å². The first-order valence-electron chi connectivity index (χ1n) is 4.96. The summed E-state index contributed by atoms with van der Waals surface area (Å²) in [6, 6.07) is 6.48. The zero-order valence-electron chi connectivity index (χ0n) is 8.16. The zero-order valence-corrected chi connectivity index (χ0v) is 8.16. The number of hydrogen-bond acceptors (Lipinski definition) is 2. The molecule has 14 heavy (non-hydrogen) atoms. The van der Waals surface area contributed by atoms with Crippen molar-refractivity contribution in [3.8, 4) is 0 Å². The van der Waals surface area contributed by atoms with Crippen LogP contribution in [0.15, 0.2) is 24.8 Å². The van der Waals surface area contributed by atoms with Crippen LogP contribution >= 0.6 is 0 Å². The maximum atomic E-state index is 9.04. The Balaban J connectivity index is 2.27. The van der Waals surface area contributed by atoms with Crippen molar-refractivity contribution in [3.05, 3.63) is 35.9 Å². The molecule has 1 atom stereocenters. The van der Waals surface area contributed by atoms with E-state index in [0.717, 1.165) is 24.1 Å². The van der Waals surface area contributed by atoms with E-state index in [1.807, 2.05) is 12.1 Å². The summed E-state index contributed by atoms with van der Waals surface area (Å²) in [5, 5.41) is 12.4. The predicted octanol–water partition coefficient (Wildman–Crippen LogP) is 2.05. The van der Waals surface area contributed by atoms with Crippen LogP contribution in [0.4, 0.5) is 5.69 Å². The molecule has 2 N–H and O–H groups in total. The van der Waals surface area contributed by atoms with Crippen molar-refractivity contribution in [2.45, 2.75) is 18.9 Å². The minimum atomic E-state index is 0.211. The van der Waals surface area contributed by atoms with Crippen LogP contribution in [0.3, 0.4) is 0 Å². The molecule has 2 nitrogen and oxygen atoms in total. The standard InChI is InChI=1S/C12H15NO/c1-2-9-3-6-12-10(7-9)4-5-11(8-14)13-12/h2-3,6-7,11,13-14H,1,4-5,8H2. The minimum absolute atomic E-state index is 0.211. The quantitative estimate of drug-likeness (QED) is 0.746. The average Bonchev–Trinajstić information content (AvgIpc) is 2.27. The van der Waals surface area contributed by atoms with Crippen LogP contribution in [0.1, 0.15) is 17.5 Å². The molecule has 1 heterocycles. The van der Waals surface area contributed by atoms with Crippen molar-refractivity contribution in [1.29, 1.82) is 0 Å². The Bertz CT molecular complexity index is 346. The molecular weight excluding hydrogens is 174 g/mol. The van der Waals surface area contributed by atoms with Crippen molar-refractivity contribution < 1.29 is 5.11 Å². The van der Waals surface area contributed by atoms with Gasteiger partial charge >= 0.3 is 0 Å². The predicted molar refractivity (Wildman–Crippen MR) is 59.4 cm³/mol. The van der Waals surface area contributed by atoms with Gasteiger partial charge in [0.2, 0.25) is 0 Å². The fourth-order valence-corrected chi connectivity index (χ4v) is 1.85. The SMILES string of the molecule is C=Cc1ccc2c(c1)CCC(CO)N2. The number of hydrogen-bond donors (Lipinski definition) is 2. The largest absolute Gasteiger partial charge is 0.394 e. The maximum absolute atomic E-state index is 9.04. The summed E-state index contributed by atoms with van der Waals surface area (Å²) >= 11 is 0. The molecule has 0 aliphatic carbocycles. The second-order valence-electron chi connectivity index (χ2n) is 3.68. The lowest BCUT2D eigenvalue weighted by molar-refractivity contribution is 0.267. The summed E-state index contributed by atoms with van der Waals surface area (Å²) in [7, 11) is 0. The highest BCUT2D eigenvalue weighted by atomic mass is 16.3. The van der Waals surface area contributed by atoms with Gasteiger partial charge in [-0.25, -0.2) is 0 Å². The average molecular weight is 189 g/mol. The fraction of sp³-hybridized carbons (Fsp3) is 0.333. The Labute approximate surface area is 84.3 Å². The number of nitrogens with one attached hydrogen (secondary N) is 1. The van der Waals surface area contributed by atoms with E-state index in [-0.39, 0.29) is 12.6 Å². The normalized spacial score (nSPS) is 19.6. The Morgan fingerprint density at radius 1 is 1.57 bits per heavy atom. The van der Waals surface area contributed by atoms with Gasteiger partial charge in [-0.3, -0.25) is 0 Å². The summed E-state index contributed by atoms with van der Waals surface area (Å²) in [6.45, 7) is 3.96. The lowest BCUT2D eigenvalue weighted by Gasteiger charge is -2.25. The number of rotatable bonds is 2. The van der Waals surface area contributed by atoms with Gasteiger partial charge in [0.1, 0.15) is 0 Å². The Morgan fingerprint density at radius 3 is 3.14 bits per heavy atom. The van der Waals surface area contributed by atoms with Gasteiger partial charge in [-0.1, -0.05) is 18.7 Å². The molecule has 0 saturated carbocycles. The van der Waals surface area contributed by atoms with Gasteiger partial charge < -0.3 is 10.4 Å². The number of aliphatic hydroxyl groups excluding tert-OH is 1. The molecule has 2 rings (SSSR count). The Morgan fingerprint density at radius 2 is 2.43 bits per heavy atom. The number of aliphatic hydroxyl groups is 1. The topological polar surface area (TPSA) is 32.3 Å². The number of aryl methyl sites for hydroxylation is 1. The van der Waals surface area contributed by atoms with Gasteiger partial charge in [0.05, 0.1) is 6.61 Å². The molecule has 2 heteroatoms. The van der Waals surface area contributed by atoms with Crippen LogP contribution in [0.5, 0.6) is 0 Å². The van der Waals surface area contributed by atoms with Crippen LogP contribution in [0, 0.1) is 0 Å². The Hall–Kier alpha value is -1.28. The van der Waals surface area contributed by atoms with Crippen LogP contribution < -0.4 is 5.32 Å². The van der Waals surface area contributed by atoms with Crippen LogP contribution in [-0.4, -0.2) is 17.8 Å². The monoisotopic (exact) mass is 189 g/mol. The molecule has 1 aromatic carbocycles. The summed E-state index contributed by atoms with van der Waals surface area (Å²) in [5.74, 6) is 0. The highest BCUT2D eigenvalue weighted by Gasteiger charge is 2.16. The molecule has 0 spiro atoms. The van der Waals surface area contributed by atoms with Crippen LogP contribution in [-0.2, 0) is 6.42 Å². The van der Waals surface area contributed by atoms with E-state index in [4.69, 9.17) is 5.11 Å². The Kier molecular flexibility index (Phi) is 2.55. The first-order chi connectivity index (χ1) is 6.83. The smallest absolute Gasteiger partial charge is 0.0632 e. The molecule has 0 amide bonds. The number of anilines is 1. The molecule has 1 unspecified atom stereocenters. The first-order valence-corrected chi connectivity index (χ1v) is 4.96. The molecular formula is C12H15NO. The lowest BCUT2D eigenvalue weighted by atomic mass is 9.97. The second-order valence-corrected chi connectivity index (χ2v) is 3.68. The van der Waals surface area contributed by atoms with E-state index in [1.54, 1.807) is 0 Å². The van der Waals surface area contributed by atoms with Crippen molar-refractivity contribution in [2.75, 3.05) is 11.9 Å². The molecule has 0 aromatic heterocycles. The first kappa shape index (κ1) is 9.28. The van der Waals surface area contributed by atoms with Crippen molar-refractivity contribution in [3.63, 3.8) is 0 Å². The van der Waals surface area contributed by atoms with E-state index < -0.39 is 0 Å². The third-order valence-corrected chi connectivity index (χ3v) is 2.71. The van der Waals surface area contributed by atoms with E-state index in [1.165, 1.54) is 5.56 Å². The molecule has 0 fully saturated rings. The lowest BCUT2D eigenvalue weighted by Crippen LogP contribution is -2.28. The van der Waals surface area contributed by atoms with E-state index in [9.17, 15) is 0 Å². The summed E-state index contributed by atoms with van der Waals surface area (Å²) in [4.78, 5) is 0. The third-order valence-electron chi connectivity index (χ3n) is 2.71. The molecule has 1 aliphatic heterocycles. The van der Waals surface area contributed by atoms with E-state index in [2.05, 4.69) is 24.0 Å². The highest BCUT2D eigenvalue weighted by Crippen LogP contribution is 2.25. The molecule has 74 valence electrons. The van der Waals surface area contributed by atoms with Gasteiger partial charge in [-0.2, -0.15) is 0 Å². The zero-order chi connectivity index (χ0) is 9.97. The van der Waals surface area contributed by atoms with E-state index >= 15 is 0 Å². The fourth-order valence-electron chi connectivity index (χ4n) is 1.85. The molecule has 1 aromatic rings. The van der Waals surface area contributed by atoms with Crippen molar-refractivity contribution in [2.24, 2.45) is 0 Å². The molecule has 0 saturated heterocycles. The van der Waals surface area contributed by atoms with Crippen LogP contribution in [0.25, 0.3) is 6.08 Å². The maximum Gasteiger partial charge on any atom is 0.0632 e. The van der Waals surface area contributed by atoms with Gasteiger partial charge in [0.15, 0.2) is 0 Å². The number of fused-ring (bicyclic) bond motifs is 1. The van der Waals surface area contributed by atoms with Gasteiger partial charge in [-0.15, -0.1) is 0 Å². The van der Waals surface area contributed by atoms with E-state index in [0.29, 0.717) is 0 Å². The summed E-state index contributed by atoms with van der Waals surface area (Å²) in [5.41, 5.74) is 3.64. The van der Waals surface area contributed by atoms with Gasteiger partial charge in [-0.05, 0) is 36.1 Å². The minimum Gasteiger partial charge on any atom is -0.394 e. The molecule has 0 bridgehead atoms. The van der Waals surface area contributed by atoms with Crippen LogP contribution in [0.2, 0.25) is 0 Å². The van der Waals surface area contributed by atoms with Gasteiger partial charge in [0.25, 0.3) is 0 Å². The van der Waals surface area contributed by atoms with Crippen molar-refractivity contribution >= 4 is 11.8 Å². The summed E-state index contributed by atoms with van der Waals surface area (Å²) in [6.07, 6.45) is 3.90. The molecule has 1 aliphatic rings. The number of benzene rings is 1. The van der Waals surface area contributed by atoms with Crippen molar-refractivity contribution in [1.82, 2.24) is 0 Å². The third kappa shape index (κ3) is 1.66. The molecule has 0 radical (unpaired) electrons. The summed E-state index contributed by atoms with van der Waals surface area (Å²) < 4.78 is 0.